The summed E-state index contributed by atoms with van der Waals surface area (Å²) in [6.45, 7) is -0.372. The van der Waals surface area contributed by atoms with Gasteiger partial charge in [0.15, 0.2) is 0 Å². The summed E-state index contributed by atoms with van der Waals surface area (Å²) in [4.78, 5) is 13.7. The van der Waals surface area contributed by atoms with E-state index in [4.69, 9.17) is 18.9 Å². The first-order valence-electron chi connectivity index (χ1n) is 11.9. The van der Waals surface area contributed by atoms with Crippen molar-refractivity contribution in [3.05, 3.63) is 29.8 Å². The van der Waals surface area contributed by atoms with Crippen molar-refractivity contribution in [2.75, 3.05) is 33.4 Å². The first-order valence-corrected chi connectivity index (χ1v) is 13.4. The fourth-order valence-corrected chi connectivity index (χ4v) is 6.03. The minimum absolute atomic E-state index is 0.0800. The van der Waals surface area contributed by atoms with Gasteiger partial charge in [0.05, 0.1) is 37.8 Å². The number of carbonyl (C=O) groups is 1. The number of nitrogens with zero attached hydrogens (tertiary/aromatic N) is 1. The number of hydrogen-bond acceptors (Lipinski definition) is 7. The first-order chi connectivity index (χ1) is 17.0. The molecule has 0 bridgehead atoms. The van der Waals surface area contributed by atoms with E-state index in [9.17, 15) is 26.4 Å². The quantitative estimate of drug-likeness (QED) is 0.518. The molecule has 2 saturated heterocycles. The molecule has 0 aromatic heterocycles. The molecule has 3 aliphatic rings. The summed E-state index contributed by atoms with van der Waals surface area (Å²) in [7, 11) is -1.84. The van der Waals surface area contributed by atoms with Crippen molar-refractivity contribution in [1.82, 2.24) is 9.62 Å². The SMILES string of the molecule is COc1ccc(COC[C@@H](OC(=O)N2CCC3(CC2)CC(NS(=O)(=O)C2CC2)CO3)C(F)(F)F)cc1. The van der Waals surface area contributed by atoms with Gasteiger partial charge in [0.1, 0.15) is 5.75 Å². The molecule has 1 saturated carbocycles. The van der Waals surface area contributed by atoms with Gasteiger partial charge in [0.2, 0.25) is 16.1 Å². The van der Waals surface area contributed by atoms with Crippen LogP contribution in [0.2, 0.25) is 0 Å². The second-order valence-corrected chi connectivity index (χ2v) is 11.5. The number of alkyl halides is 3. The molecule has 4 rings (SSSR count). The zero-order valence-corrected chi connectivity index (χ0v) is 20.8. The molecule has 13 heteroatoms. The molecule has 2 aliphatic heterocycles. The fourth-order valence-electron chi connectivity index (χ4n) is 4.47. The van der Waals surface area contributed by atoms with Gasteiger partial charge >= 0.3 is 12.3 Å². The Bertz CT molecular complexity index is 1010. The van der Waals surface area contributed by atoms with Crippen LogP contribution in [0.15, 0.2) is 24.3 Å². The highest BCUT2D eigenvalue weighted by molar-refractivity contribution is 7.90. The number of hydrogen-bond donors (Lipinski definition) is 1. The molecule has 1 N–H and O–H groups in total. The molecule has 2 heterocycles. The van der Waals surface area contributed by atoms with Crippen LogP contribution in [0.5, 0.6) is 5.75 Å². The molecule has 202 valence electrons. The second kappa shape index (κ2) is 10.7. The highest BCUT2D eigenvalue weighted by Crippen LogP contribution is 2.37. The molecule has 1 aromatic carbocycles. The second-order valence-electron chi connectivity index (χ2n) is 9.52. The van der Waals surface area contributed by atoms with E-state index in [1.807, 2.05) is 0 Å². The highest BCUT2D eigenvalue weighted by atomic mass is 32.2. The van der Waals surface area contributed by atoms with Crippen LogP contribution >= 0.6 is 0 Å². The number of halogens is 3. The molecule has 9 nitrogen and oxygen atoms in total. The number of amides is 1. The summed E-state index contributed by atoms with van der Waals surface area (Å²) in [5.41, 5.74) is 0.0528. The number of sulfonamides is 1. The molecule has 36 heavy (non-hydrogen) atoms. The van der Waals surface area contributed by atoms with Gasteiger partial charge in [0, 0.05) is 19.1 Å². The molecular formula is C23H31F3N2O7S. The van der Waals surface area contributed by atoms with Gasteiger partial charge in [-0.15, -0.1) is 0 Å². The Balaban J connectivity index is 1.24. The summed E-state index contributed by atoms with van der Waals surface area (Å²) in [6, 6.07) is 6.34. The minimum Gasteiger partial charge on any atom is -0.497 e. The van der Waals surface area contributed by atoms with E-state index >= 15 is 0 Å². The summed E-state index contributed by atoms with van der Waals surface area (Å²) >= 11 is 0. The van der Waals surface area contributed by atoms with E-state index in [0.29, 0.717) is 43.4 Å². The number of methoxy groups -OCH3 is 1. The zero-order valence-electron chi connectivity index (χ0n) is 20.0. The van der Waals surface area contributed by atoms with Crippen molar-refractivity contribution in [2.45, 2.75) is 67.9 Å². The van der Waals surface area contributed by atoms with E-state index in [0.717, 1.165) is 0 Å². The Hall–Kier alpha value is -2.09. The lowest BCUT2D eigenvalue weighted by Crippen LogP contribution is -2.49. The normalized spacial score (nSPS) is 23.0. The first kappa shape index (κ1) is 27.0. The van der Waals surface area contributed by atoms with Crippen LogP contribution in [-0.4, -0.2) is 82.0 Å². The molecule has 1 aliphatic carbocycles. The van der Waals surface area contributed by atoms with Crippen LogP contribution in [-0.2, 0) is 30.8 Å². The highest BCUT2D eigenvalue weighted by Gasteiger charge is 2.48. The van der Waals surface area contributed by atoms with Gasteiger partial charge in [-0.25, -0.2) is 17.9 Å². The smallest absolute Gasteiger partial charge is 0.427 e. The molecular weight excluding hydrogens is 505 g/mol. The van der Waals surface area contributed by atoms with Gasteiger partial charge in [-0.1, -0.05) is 12.1 Å². The van der Waals surface area contributed by atoms with Crippen molar-refractivity contribution < 1.29 is 45.3 Å². The van der Waals surface area contributed by atoms with E-state index in [2.05, 4.69) is 4.72 Å². The van der Waals surface area contributed by atoms with E-state index in [-0.39, 0.29) is 37.6 Å². The fraction of sp³-hybridized carbons (Fsp3) is 0.696. The topological polar surface area (TPSA) is 103 Å². The molecule has 2 atom stereocenters. The van der Waals surface area contributed by atoms with Crippen LogP contribution in [0.1, 0.15) is 37.7 Å². The van der Waals surface area contributed by atoms with Gasteiger partial charge in [-0.3, -0.25) is 0 Å². The van der Waals surface area contributed by atoms with Crippen LogP contribution in [0, 0.1) is 0 Å². The largest absolute Gasteiger partial charge is 0.497 e. The molecule has 1 unspecified atom stereocenters. The van der Waals surface area contributed by atoms with Gasteiger partial charge in [-0.05, 0) is 49.8 Å². The van der Waals surface area contributed by atoms with E-state index in [1.165, 1.54) is 12.0 Å². The van der Waals surface area contributed by atoms with Crippen molar-refractivity contribution in [2.24, 2.45) is 0 Å². The maximum Gasteiger partial charge on any atom is 0.427 e. The summed E-state index contributed by atoms with van der Waals surface area (Å²) < 4.78 is 88.4. The summed E-state index contributed by atoms with van der Waals surface area (Å²) in [5.74, 6) is 0.613. The Labute approximate surface area is 208 Å². The van der Waals surface area contributed by atoms with Crippen LogP contribution in [0.25, 0.3) is 0 Å². The Morgan fingerprint density at radius 3 is 2.47 bits per heavy atom. The lowest BCUT2D eigenvalue weighted by molar-refractivity contribution is -0.220. The van der Waals surface area contributed by atoms with Crippen molar-refractivity contribution in [3.63, 3.8) is 0 Å². The third-order valence-electron chi connectivity index (χ3n) is 6.74. The average Bonchev–Trinajstić information content (AvgIpc) is 3.63. The van der Waals surface area contributed by atoms with Gasteiger partial charge in [-0.2, -0.15) is 13.2 Å². The number of likely N-dealkylation sites (tertiary alicyclic amines) is 1. The molecule has 1 spiro atoms. The van der Waals surface area contributed by atoms with Crippen LogP contribution in [0.4, 0.5) is 18.0 Å². The minimum atomic E-state index is -4.78. The zero-order chi connectivity index (χ0) is 26.0. The number of rotatable bonds is 9. The summed E-state index contributed by atoms with van der Waals surface area (Å²) in [5, 5.41) is -0.326. The number of ether oxygens (including phenoxy) is 4. The molecule has 0 radical (unpaired) electrons. The van der Waals surface area contributed by atoms with E-state index in [1.54, 1.807) is 24.3 Å². The molecule has 1 amide bonds. The van der Waals surface area contributed by atoms with Gasteiger partial charge < -0.3 is 23.8 Å². The monoisotopic (exact) mass is 536 g/mol. The lowest BCUT2D eigenvalue weighted by Gasteiger charge is -2.38. The average molecular weight is 537 g/mol. The molecule has 3 fully saturated rings. The number of piperidine rings is 1. The third kappa shape index (κ3) is 6.81. The number of nitrogens with one attached hydrogen (secondary N) is 1. The Morgan fingerprint density at radius 2 is 1.89 bits per heavy atom. The summed E-state index contributed by atoms with van der Waals surface area (Å²) in [6.07, 6.45) is -5.69. The number of carbonyl (C=O) groups excluding carboxylic acids is 1. The van der Waals surface area contributed by atoms with E-state index < -0.39 is 40.6 Å². The maximum atomic E-state index is 13.5. The predicted octanol–water partition coefficient (Wildman–Crippen LogP) is 2.98. The number of benzene rings is 1. The van der Waals surface area contributed by atoms with Crippen LogP contribution in [0.3, 0.4) is 0 Å². The lowest BCUT2D eigenvalue weighted by atomic mass is 9.88. The van der Waals surface area contributed by atoms with Crippen molar-refractivity contribution >= 4 is 16.1 Å². The van der Waals surface area contributed by atoms with Gasteiger partial charge in [0.25, 0.3) is 0 Å². The maximum absolute atomic E-state index is 13.5. The Kier molecular flexibility index (Phi) is 8.03. The predicted molar refractivity (Wildman–Crippen MR) is 122 cm³/mol. The molecule has 1 aromatic rings. The van der Waals surface area contributed by atoms with Crippen molar-refractivity contribution in [3.8, 4) is 5.75 Å². The Morgan fingerprint density at radius 1 is 1.22 bits per heavy atom. The standard InChI is InChI=1S/C23H31F3N2O7S/c1-32-18-4-2-16(3-5-18)13-33-15-20(23(24,25)26)35-21(29)28-10-8-22(9-11-28)12-17(14-34-22)27-36(30,31)19-6-7-19/h2-5,17,19-20,27H,6-15H2,1H3/t17?,20-/m1/s1. The van der Waals surface area contributed by atoms with Crippen LogP contribution < -0.4 is 9.46 Å². The van der Waals surface area contributed by atoms with Crippen molar-refractivity contribution in [1.29, 1.82) is 0 Å². The third-order valence-corrected chi connectivity index (χ3v) is 8.75.